The number of furan rings is 1. The highest BCUT2D eigenvalue weighted by Gasteiger charge is 2.35. The Hall–Kier alpha value is -3.03. The quantitative estimate of drug-likeness (QED) is 0.658. The number of aromatic nitrogens is 1. The number of halogens is 3. The molecule has 2 aromatic heterocycles. The molecule has 0 saturated carbocycles. The first-order chi connectivity index (χ1) is 11.8. The normalized spacial score (nSPS) is 11.6. The second-order valence-corrected chi connectivity index (χ2v) is 5.11. The van der Waals surface area contributed by atoms with Gasteiger partial charge in [0.2, 0.25) is 11.5 Å². The first-order valence-electron chi connectivity index (χ1n) is 7.08. The molecular weight excluding hydrogens is 339 g/mol. The van der Waals surface area contributed by atoms with Gasteiger partial charge in [-0.25, -0.2) is 9.78 Å². The topological polar surface area (TPSA) is 61.6 Å². The summed E-state index contributed by atoms with van der Waals surface area (Å²) in [6.45, 7) is 0. The van der Waals surface area contributed by atoms with Gasteiger partial charge in [-0.3, -0.25) is 0 Å². The Morgan fingerprint density at radius 1 is 1.16 bits per heavy atom. The minimum atomic E-state index is -4.65. The van der Waals surface area contributed by atoms with Gasteiger partial charge in [0.05, 0.1) is 30.9 Å². The van der Waals surface area contributed by atoms with Crippen LogP contribution in [0.2, 0.25) is 0 Å². The molecule has 0 radical (unpaired) electrons. The molecule has 0 bridgehead atoms. The molecule has 0 saturated heterocycles. The van der Waals surface area contributed by atoms with Crippen molar-refractivity contribution in [3.05, 3.63) is 47.7 Å². The molecule has 0 aliphatic heterocycles. The number of rotatable bonds is 3. The zero-order chi connectivity index (χ0) is 18.2. The fourth-order valence-electron chi connectivity index (χ4n) is 2.38. The molecule has 0 fully saturated rings. The Labute approximate surface area is 140 Å². The summed E-state index contributed by atoms with van der Waals surface area (Å²) < 4.78 is 55.0. The number of esters is 1. The summed E-state index contributed by atoms with van der Waals surface area (Å²) in [4.78, 5) is 15.6. The van der Waals surface area contributed by atoms with Gasteiger partial charge in [0, 0.05) is 11.6 Å². The van der Waals surface area contributed by atoms with Crippen LogP contribution in [0.15, 0.2) is 40.8 Å². The predicted molar refractivity (Wildman–Crippen MR) is 82.3 cm³/mol. The van der Waals surface area contributed by atoms with Crippen LogP contribution >= 0.6 is 0 Å². The lowest BCUT2D eigenvalue weighted by molar-refractivity contribution is -0.136. The molecule has 8 heteroatoms. The van der Waals surface area contributed by atoms with Crippen LogP contribution in [-0.2, 0) is 10.9 Å². The summed E-state index contributed by atoms with van der Waals surface area (Å²) in [5.74, 6) is -0.755. The lowest BCUT2D eigenvalue weighted by Gasteiger charge is -2.10. The summed E-state index contributed by atoms with van der Waals surface area (Å²) in [5, 5.41) is -0.306. The molecule has 0 atom stereocenters. The number of hydrogen-bond donors (Lipinski definition) is 0. The number of alkyl halides is 3. The maximum Gasteiger partial charge on any atom is 0.417 e. The van der Waals surface area contributed by atoms with Gasteiger partial charge in [0.25, 0.3) is 0 Å². The monoisotopic (exact) mass is 351 g/mol. The Bertz CT molecular complexity index is 947. The Balaban J connectivity index is 2.25. The number of pyridine rings is 1. The third-order valence-corrected chi connectivity index (χ3v) is 3.56. The van der Waals surface area contributed by atoms with Crippen molar-refractivity contribution >= 4 is 17.1 Å². The molecule has 5 nitrogen and oxygen atoms in total. The smallest absolute Gasteiger partial charge is 0.417 e. The third-order valence-electron chi connectivity index (χ3n) is 3.56. The standard InChI is InChI=1S/C17H12F3NO4/c1-23-10-5-3-4-9(6-10)13-8-12(17(18,19)20)11-7-14(16(22)24-2)25-15(11)21-13/h3-8H,1-2H3. The van der Waals surface area contributed by atoms with Crippen molar-refractivity contribution in [2.75, 3.05) is 14.2 Å². The molecular formula is C17H12F3NO4. The average molecular weight is 351 g/mol. The molecule has 1 aromatic carbocycles. The van der Waals surface area contributed by atoms with Crippen molar-refractivity contribution in [3.8, 4) is 17.0 Å². The molecule has 3 aromatic rings. The fourth-order valence-corrected chi connectivity index (χ4v) is 2.38. The van der Waals surface area contributed by atoms with Gasteiger partial charge in [-0.2, -0.15) is 13.2 Å². The Morgan fingerprint density at radius 3 is 2.56 bits per heavy atom. The maximum absolute atomic E-state index is 13.4. The summed E-state index contributed by atoms with van der Waals surface area (Å²) in [5.41, 5.74) is -0.783. The van der Waals surface area contributed by atoms with Crippen LogP contribution in [0, 0.1) is 0 Å². The molecule has 0 aliphatic rings. The number of carbonyl (C=O) groups is 1. The minimum absolute atomic E-state index is 0.0458. The molecule has 0 aliphatic carbocycles. The van der Waals surface area contributed by atoms with E-state index in [0.29, 0.717) is 11.3 Å². The summed E-state index contributed by atoms with van der Waals surface area (Å²) in [6, 6.07) is 8.34. The van der Waals surface area contributed by atoms with Gasteiger partial charge in [0.1, 0.15) is 5.75 Å². The van der Waals surface area contributed by atoms with E-state index in [9.17, 15) is 18.0 Å². The summed E-state index contributed by atoms with van der Waals surface area (Å²) in [7, 11) is 2.56. The van der Waals surface area contributed by atoms with Crippen LogP contribution in [0.25, 0.3) is 22.4 Å². The number of fused-ring (bicyclic) bond motifs is 1. The second kappa shape index (κ2) is 6.12. The number of carbonyl (C=O) groups excluding carboxylic acids is 1. The van der Waals surface area contributed by atoms with E-state index in [0.717, 1.165) is 19.2 Å². The number of hydrogen-bond acceptors (Lipinski definition) is 5. The Kier molecular flexibility index (Phi) is 4.12. The van der Waals surface area contributed by atoms with Crippen LogP contribution in [0.4, 0.5) is 13.2 Å². The zero-order valence-electron chi connectivity index (χ0n) is 13.2. The van der Waals surface area contributed by atoms with Crippen molar-refractivity contribution < 1.29 is 31.9 Å². The van der Waals surface area contributed by atoms with E-state index in [1.165, 1.54) is 7.11 Å². The van der Waals surface area contributed by atoms with Crippen LogP contribution in [0.5, 0.6) is 5.75 Å². The first-order valence-corrected chi connectivity index (χ1v) is 7.08. The van der Waals surface area contributed by atoms with Gasteiger partial charge in [0.15, 0.2) is 0 Å². The highest BCUT2D eigenvalue weighted by molar-refractivity contribution is 5.93. The van der Waals surface area contributed by atoms with Crippen molar-refractivity contribution in [2.24, 2.45) is 0 Å². The van der Waals surface area contributed by atoms with E-state index in [4.69, 9.17) is 9.15 Å². The third kappa shape index (κ3) is 3.15. The van der Waals surface area contributed by atoms with Crippen LogP contribution in [0.3, 0.4) is 0 Å². The number of benzene rings is 1. The highest BCUT2D eigenvalue weighted by atomic mass is 19.4. The van der Waals surface area contributed by atoms with Crippen LogP contribution in [-0.4, -0.2) is 25.2 Å². The van der Waals surface area contributed by atoms with Gasteiger partial charge >= 0.3 is 12.1 Å². The molecule has 0 unspecified atom stereocenters. The van der Waals surface area contributed by atoms with Crippen molar-refractivity contribution in [3.63, 3.8) is 0 Å². The highest BCUT2D eigenvalue weighted by Crippen LogP contribution is 2.38. The average Bonchev–Trinajstić information content (AvgIpc) is 3.03. The van der Waals surface area contributed by atoms with Crippen molar-refractivity contribution in [1.29, 1.82) is 0 Å². The maximum atomic E-state index is 13.4. The Morgan fingerprint density at radius 2 is 1.92 bits per heavy atom. The lowest BCUT2D eigenvalue weighted by atomic mass is 10.1. The molecule has 130 valence electrons. The lowest BCUT2D eigenvalue weighted by Crippen LogP contribution is -2.06. The van der Waals surface area contributed by atoms with Gasteiger partial charge < -0.3 is 13.9 Å². The van der Waals surface area contributed by atoms with Crippen molar-refractivity contribution in [1.82, 2.24) is 4.98 Å². The van der Waals surface area contributed by atoms with E-state index >= 15 is 0 Å². The fraction of sp³-hybridized carbons (Fsp3) is 0.176. The van der Waals surface area contributed by atoms with Crippen LogP contribution in [0.1, 0.15) is 16.1 Å². The van der Waals surface area contributed by atoms with Gasteiger partial charge in [-0.15, -0.1) is 0 Å². The van der Waals surface area contributed by atoms with E-state index in [1.807, 2.05) is 0 Å². The largest absolute Gasteiger partial charge is 0.497 e. The number of ether oxygens (including phenoxy) is 2. The SMILES string of the molecule is COC(=O)c1cc2c(C(F)(F)F)cc(-c3cccc(OC)c3)nc2o1. The van der Waals surface area contributed by atoms with Gasteiger partial charge in [-0.1, -0.05) is 12.1 Å². The molecule has 0 N–H and O–H groups in total. The van der Waals surface area contributed by atoms with E-state index in [2.05, 4.69) is 9.72 Å². The number of methoxy groups -OCH3 is 2. The molecule has 2 heterocycles. The first kappa shape index (κ1) is 16.8. The molecule has 0 spiro atoms. The summed E-state index contributed by atoms with van der Waals surface area (Å²) in [6.07, 6.45) is -4.65. The predicted octanol–water partition coefficient (Wildman–Crippen LogP) is 4.31. The van der Waals surface area contributed by atoms with E-state index in [-0.39, 0.29) is 22.6 Å². The van der Waals surface area contributed by atoms with Gasteiger partial charge in [-0.05, 0) is 18.2 Å². The minimum Gasteiger partial charge on any atom is -0.497 e. The molecule has 25 heavy (non-hydrogen) atoms. The number of nitrogens with zero attached hydrogens (tertiary/aromatic N) is 1. The second-order valence-electron chi connectivity index (χ2n) is 5.11. The van der Waals surface area contributed by atoms with E-state index in [1.54, 1.807) is 24.3 Å². The molecule has 3 rings (SSSR count). The molecule has 0 amide bonds. The summed E-state index contributed by atoms with van der Waals surface area (Å²) >= 11 is 0. The van der Waals surface area contributed by atoms with E-state index < -0.39 is 17.7 Å². The zero-order valence-corrected chi connectivity index (χ0v) is 13.2. The van der Waals surface area contributed by atoms with Crippen LogP contribution < -0.4 is 4.74 Å². The van der Waals surface area contributed by atoms with Crippen molar-refractivity contribution in [2.45, 2.75) is 6.18 Å².